The van der Waals surface area contributed by atoms with Gasteiger partial charge in [-0.3, -0.25) is 4.79 Å². The first-order valence-electron chi connectivity index (χ1n) is 9.32. The third-order valence-corrected chi connectivity index (χ3v) is 4.29. The lowest BCUT2D eigenvalue weighted by Crippen LogP contribution is -2.13. The Hall–Kier alpha value is -3.84. The maximum absolute atomic E-state index is 12.5. The molecule has 0 bridgehead atoms. The lowest BCUT2D eigenvalue weighted by atomic mass is 10.1. The molecule has 0 aliphatic carbocycles. The average Bonchev–Trinajstić information content (AvgIpc) is 2.71. The van der Waals surface area contributed by atoms with Gasteiger partial charge in [0, 0.05) is 11.3 Å². The highest BCUT2D eigenvalue weighted by atomic mass is 16.5. The van der Waals surface area contributed by atoms with Crippen LogP contribution in [0.25, 0.3) is 6.08 Å². The fourth-order valence-corrected chi connectivity index (χ4v) is 3.07. The van der Waals surface area contributed by atoms with Crippen molar-refractivity contribution in [2.75, 3.05) is 5.32 Å². The number of carbonyl (C=O) groups excluding carboxylic acids is 1. The van der Waals surface area contributed by atoms with Gasteiger partial charge < -0.3 is 10.1 Å². The van der Waals surface area contributed by atoms with Gasteiger partial charge in [-0.25, -0.2) is 0 Å². The van der Waals surface area contributed by atoms with Crippen LogP contribution in [-0.2, 0) is 11.4 Å². The fourth-order valence-electron chi connectivity index (χ4n) is 3.07. The third kappa shape index (κ3) is 5.57. The van der Waals surface area contributed by atoms with Gasteiger partial charge >= 0.3 is 0 Å². The van der Waals surface area contributed by atoms with Crippen LogP contribution in [-0.4, -0.2) is 5.91 Å². The van der Waals surface area contributed by atoms with Crippen molar-refractivity contribution in [1.29, 1.82) is 5.26 Å². The predicted molar refractivity (Wildman–Crippen MR) is 115 cm³/mol. The van der Waals surface area contributed by atoms with Crippen molar-refractivity contribution in [2.24, 2.45) is 0 Å². The minimum absolute atomic E-state index is 0.0105. The predicted octanol–water partition coefficient (Wildman–Crippen LogP) is 5.43. The number of anilines is 1. The first-order chi connectivity index (χ1) is 14.0. The van der Waals surface area contributed by atoms with Crippen LogP contribution in [0.2, 0.25) is 0 Å². The lowest BCUT2D eigenvalue weighted by Gasteiger charge is -2.11. The number of nitrogens with zero attached hydrogens (tertiary/aromatic N) is 1. The molecule has 3 aromatic carbocycles. The lowest BCUT2D eigenvalue weighted by molar-refractivity contribution is -0.112. The maximum atomic E-state index is 12.5. The molecule has 0 heterocycles. The number of rotatable bonds is 6. The van der Waals surface area contributed by atoms with Gasteiger partial charge in [0.25, 0.3) is 5.91 Å². The summed E-state index contributed by atoms with van der Waals surface area (Å²) in [5, 5.41) is 12.2. The molecular weight excluding hydrogens is 360 g/mol. The van der Waals surface area contributed by atoms with Gasteiger partial charge in [-0.2, -0.15) is 5.26 Å². The Morgan fingerprint density at radius 3 is 2.34 bits per heavy atom. The van der Waals surface area contributed by atoms with E-state index in [1.54, 1.807) is 18.2 Å². The Labute approximate surface area is 171 Å². The minimum atomic E-state index is -0.456. The van der Waals surface area contributed by atoms with E-state index in [1.165, 1.54) is 11.1 Å². The van der Waals surface area contributed by atoms with Crippen LogP contribution in [0.5, 0.6) is 5.75 Å². The highest BCUT2D eigenvalue weighted by Crippen LogP contribution is 2.23. The Kier molecular flexibility index (Phi) is 6.44. The maximum Gasteiger partial charge on any atom is 0.266 e. The van der Waals surface area contributed by atoms with Crippen LogP contribution in [0.4, 0.5) is 5.69 Å². The van der Waals surface area contributed by atoms with E-state index in [-0.39, 0.29) is 5.57 Å². The quantitative estimate of drug-likeness (QED) is 0.457. The van der Waals surface area contributed by atoms with Crippen LogP contribution in [0.3, 0.4) is 0 Å². The van der Waals surface area contributed by atoms with Gasteiger partial charge in [0.1, 0.15) is 24.0 Å². The summed E-state index contributed by atoms with van der Waals surface area (Å²) < 4.78 is 5.99. The molecule has 0 radical (unpaired) electrons. The second kappa shape index (κ2) is 9.38. The second-order valence-electron chi connectivity index (χ2n) is 6.81. The molecule has 0 spiro atoms. The van der Waals surface area contributed by atoms with E-state index < -0.39 is 5.91 Å². The van der Waals surface area contributed by atoms with Crippen LogP contribution in [0.15, 0.2) is 78.4 Å². The Morgan fingerprint density at radius 2 is 1.66 bits per heavy atom. The van der Waals surface area contributed by atoms with Crippen LogP contribution in [0, 0.1) is 25.2 Å². The molecule has 0 atom stereocenters. The molecule has 3 rings (SSSR count). The molecule has 3 aromatic rings. The van der Waals surface area contributed by atoms with Crippen LogP contribution in [0.1, 0.15) is 22.3 Å². The fraction of sp³-hybridized carbons (Fsp3) is 0.120. The van der Waals surface area contributed by atoms with Crippen molar-refractivity contribution in [3.8, 4) is 11.8 Å². The van der Waals surface area contributed by atoms with Crippen molar-refractivity contribution in [3.63, 3.8) is 0 Å². The van der Waals surface area contributed by atoms with E-state index in [1.807, 2.05) is 48.5 Å². The van der Waals surface area contributed by atoms with Crippen molar-refractivity contribution in [1.82, 2.24) is 0 Å². The smallest absolute Gasteiger partial charge is 0.266 e. The highest BCUT2D eigenvalue weighted by molar-refractivity contribution is 6.09. The summed E-state index contributed by atoms with van der Waals surface area (Å²) in [5.74, 6) is 0.162. The Bertz CT molecular complexity index is 1060. The highest BCUT2D eigenvalue weighted by Gasteiger charge is 2.11. The number of amides is 1. The molecule has 0 saturated heterocycles. The topological polar surface area (TPSA) is 62.1 Å². The molecular formula is C25H22N2O2. The average molecular weight is 382 g/mol. The van der Waals surface area contributed by atoms with E-state index in [4.69, 9.17) is 4.74 Å². The first kappa shape index (κ1) is 19.9. The molecule has 1 amide bonds. The number of nitriles is 1. The van der Waals surface area contributed by atoms with Crippen molar-refractivity contribution in [2.45, 2.75) is 20.5 Å². The van der Waals surface area contributed by atoms with E-state index in [9.17, 15) is 10.1 Å². The zero-order valence-corrected chi connectivity index (χ0v) is 16.5. The Morgan fingerprint density at radius 1 is 1.00 bits per heavy atom. The summed E-state index contributed by atoms with van der Waals surface area (Å²) in [5.41, 5.74) is 4.76. The standard InChI is InChI=1S/C25H22N2O2/c1-18-12-19(2)14-20(13-18)17-29-24-11-7-6-8-21(24)15-22(16-26)25(28)27-23-9-4-3-5-10-23/h3-15H,17H2,1-2H3,(H,27,28)/b22-15+. The number of benzene rings is 3. The molecule has 0 aromatic heterocycles. The van der Waals surface area contributed by atoms with E-state index in [0.29, 0.717) is 23.6 Å². The summed E-state index contributed by atoms with van der Waals surface area (Å²) >= 11 is 0. The second-order valence-corrected chi connectivity index (χ2v) is 6.81. The normalized spacial score (nSPS) is 10.9. The minimum Gasteiger partial charge on any atom is -0.488 e. The van der Waals surface area contributed by atoms with E-state index in [2.05, 4.69) is 37.4 Å². The SMILES string of the molecule is Cc1cc(C)cc(COc2ccccc2/C=C(\C#N)C(=O)Nc2ccccc2)c1. The van der Waals surface area contributed by atoms with Gasteiger partial charge in [0.05, 0.1) is 0 Å². The number of hydrogen-bond acceptors (Lipinski definition) is 3. The zero-order chi connectivity index (χ0) is 20.6. The number of para-hydroxylation sites is 2. The third-order valence-electron chi connectivity index (χ3n) is 4.29. The van der Waals surface area contributed by atoms with Crippen LogP contribution < -0.4 is 10.1 Å². The molecule has 0 aliphatic heterocycles. The molecule has 4 nitrogen and oxygen atoms in total. The number of aryl methyl sites for hydroxylation is 2. The molecule has 0 fully saturated rings. The van der Waals surface area contributed by atoms with Gasteiger partial charge in [-0.05, 0) is 43.7 Å². The molecule has 0 saturated carbocycles. The first-order valence-corrected chi connectivity index (χ1v) is 9.32. The van der Waals surface area contributed by atoms with Gasteiger partial charge in [0.2, 0.25) is 0 Å². The molecule has 144 valence electrons. The molecule has 0 aliphatic rings. The van der Waals surface area contributed by atoms with E-state index >= 15 is 0 Å². The van der Waals surface area contributed by atoms with Crippen molar-refractivity contribution < 1.29 is 9.53 Å². The number of nitrogens with one attached hydrogen (secondary N) is 1. The summed E-state index contributed by atoms with van der Waals surface area (Å²) in [6.45, 7) is 4.51. The summed E-state index contributed by atoms with van der Waals surface area (Å²) in [6, 6.07) is 24.7. The summed E-state index contributed by atoms with van der Waals surface area (Å²) in [6.07, 6.45) is 1.55. The molecule has 0 unspecified atom stereocenters. The van der Waals surface area contributed by atoms with Crippen molar-refractivity contribution >= 4 is 17.7 Å². The zero-order valence-electron chi connectivity index (χ0n) is 16.5. The summed E-state index contributed by atoms with van der Waals surface area (Å²) in [4.78, 5) is 12.5. The van der Waals surface area contributed by atoms with Crippen molar-refractivity contribution in [3.05, 3.63) is 101 Å². The molecule has 29 heavy (non-hydrogen) atoms. The van der Waals surface area contributed by atoms with Gasteiger partial charge in [-0.15, -0.1) is 0 Å². The monoisotopic (exact) mass is 382 g/mol. The van der Waals surface area contributed by atoms with Gasteiger partial charge in [0.15, 0.2) is 0 Å². The largest absolute Gasteiger partial charge is 0.488 e. The van der Waals surface area contributed by atoms with Crippen LogP contribution >= 0.6 is 0 Å². The summed E-state index contributed by atoms with van der Waals surface area (Å²) in [7, 11) is 0. The number of hydrogen-bond donors (Lipinski definition) is 1. The number of carbonyl (C=O) groups is 1. The number of ether oxygens (including phenoxy) is 1. The molecule has 1 N–H and O–H groups in total. The molecule has 4 heteroatoms. The van der Waals surface area contributed by atoms with E-state index in [0.717, 1.165) is 5.56 Å². The van der Waals surface area contributed by atoms with Gasteiger partial charge in [-0.1, -0.05) is 65.7 Å². The Balaban J connectivity index is 1.79.